The fraction of sp³-hybridized carbons (Fsp3) is 0.364. The van der Waals surface area contributed by atoms with E-state index < -0.39 is 27.8 Å². The summed E-state index contributed by atoms with van der Waals surface area (Å²) in [5.41, 5.74) is 2.24. The van der Waals surface area contributed by atoms with Crippen LogP contribution in [0.2, 0.25) is 0 Å². The number of esters is 1. The van der Waals surface area contributed by atoms with Crippen LogP contribution in [0.3, 0.4) is 0 Å². The van der Waals surface area contributed by atoms with Crippen molar-refractivity contribution in [2.75, 3.05) is 5.75 Å². The third-order valence-electron chi connectivity index (χ3n) is 5.16. The largest absolute Gasteiger partial charge is 0.449 e. The van der Waals surface area contributed by atoms with Gasteiger partial charge in [0.1, 0.15) is 0 Å². The zero-order chi connectivity index (χ0) is 21.0. The van der Waals surface area contributed by atoms with Gasteiger partial charge in [-0.3, -0.25) is 4.79 Å². The Morgan fingerprint density at radius 3 is 2.59 bits per heavy atom. The highest BCUT2D eigenvalue weighted by Crippen LogP contribution is 2.29. The summed E-state index contributed by atoms with van der Waals surface area (Å²) >= 11 is 0. The van der Waals surface area contributed by atoms with Crippen LogP contribution in [0.25, 0.3) is 0 Å². The zero-order valence-electron chi connectivity index (χ0n) is 16.6. The molecule has 0 aromatic heterocycles. The highest BCUT2D eigenvalue weighted by Gasteiger charge is 2.27. The molecule has 2 aromatic carbocycles. The molecule has 2 atom stereocenters. The topological polar surface area (TPSA) is 89.5 Å². The van der Waals surface area contributed by atoms with Gasteiger partial charge in [-0.15, -0.1) is 0 Å². The molecule has 1 amide bonds. The summed E-state index contributed by atoms with van der Waals surface area (Å²) < 4.78 is 29.8. The summed E-state index contributed by atoms with van der Waals surface area (Å²) in [4.78, 5) is 25.1. The smallest absolute Gasteiger partial charge is 0.340 e. The Bertz CT molecular complexity index is 1020. The second-order valence-electron chi connectivity index (χ2n) is 7.10. The van der Waals surface area contributed by atoms with Crippen molar-refractivity contribution < 1.29 is 22.7 Å². The lowest BCUT2D eigenvalue weighted by Gasteiger charge is -2.27. The maximum atomic E-state index is 12.6. The van der Waals surface area contributed by atoms with E-state index in [0.717, 1.165) is 24.8 Å². The Hall–Kier alpha value is -2.67. The molecule has 0 spiro atoms. The van der Waals surface area contributed by atoms with E-state index in [0.29, 0.717) is 0 Å². The number of carbonyl (C=O) groups excluding carboxylic acids is 2. The average Bonchev–Trinajstić information content (AvgIpc) is 2.73. The SMILES string of the molecule is CCS(=O)(=O)c1ccccc1C(=O)O[C@@H](C)C(=O)N[C@H]1CCCc2ccccc21. The van der Waals surface area contributed by atoms with Gasteiger partial charge in [0, 0.05) is 0 Å². The summed E-state index contributed by atoms with van der Waals surface area (Å²) in [6, 6.07) is 13.7. The van der Waals surface area contributed by atoms with Crippen molar-refractivity contribution in [1.82, 2.24) is 5.32 Å². The lowest BCUT2D eigenvalue weighted by molar-refractivity contribution is -0.130. The monoisotopic (exact) mass is 415 g/mol. The van der Waals surface area contributed by atoms with Gasteiger partial charge in [-0.1, -0.05) is 43.3 Å². The van der Waals surface area contributed by atoms with Crippen LogP contribution in [0.15, 0.2) is 53.4 Å². The molecule has 0 heterocycles. The fourth-order valence-corrected chi connectivity index (χ4v) is 4.62. The van der Waals surface area contributed by atoms with E-state index >= 15 is 0 Å². The van der Waals surface area contributed by atoms with Crippen molar-refractivity contribution in [1.29, 1.82) is 0 Å². The Kier molecular flexibility index (Phi) is 6.37. The number of hydrogen-bond donors (Lipinski definition) is 1. The molecule has 0 radical (unpaired) electrons. The van der Waals surface area contributed by atoms with E-state index in [1.165, 1.54) is 31.5 Å². The molecular weight excluding hydrogens is 390 g/mol. The van der Waals surface area contributed by atoms with Gasteiger partial charge in [-0.25, -0.2) is 13.2 Å². The third-order valence-corrected chi connectivity index (χ3v) is 6.95. The molecule has 1 aliphatic carbocycles. The van der Waals surface area contributed by atoms with Crippen molar-refractivity contribution in [2.24, 2.45) is 0 Å². The van der Waals surface area contributed by atoms with Crippen LogP contribution in [0.5, 0.6) is 0 Å². The van der Waals surface area contributed by atoms with Crippen molar-refractivity contribution in [3.05, 3.63) is 65.2 Å². The maximum absolute atomic E-state index is 12.6. The lowest BCUT2D eigenvalue weighted by Crippen LogP contribution is -2.39. The molecule has 0 fully saturated rings. The number of hydrogen-bond acceptors (Lipinski definition) is 5. The van der Waals surface area contributed by atoms with Crippen LogP contribution in [0.4, 0.5) is 0 Å². The number of rotatable bonds is 6. The van der Waals surface area contributed by atoms with E-state index in [2.05, 4.69) is 11.4 Å². The predicted molar refractivity (Wildman–Crippen MR) is 109 cm³/mol. The summed E-state index contributed by atoms with van der Waals surface area (Å²) in [6.45, 7) is 2.99. The van der Waals surface area contributed by atoms with Crippen molar-refractivity contribution in [2.45, 2.75) is 50.2 Å². The Morgan fingerprint density at radius 2 is 1.83 bits per heavy atom. The van der Waals surface area contributed by atoms with Crippen molar-refractivity contribution >= 4 is 21.7 Å². The molecule has 1 N–H and O–H groups in total. The number of sulfone groups is 1. The van der Waals surface area contributed by atoms with E-state index in [1.807, 2.05) is 18.2 Å². The maximum Gasteiger partial charge on any atom is 0.340 e. The van der Waals surface area contributed by atoms with Gasteiger partial charge < -0.3 is 10.1 Å². The molecular formula is C22H25NO5S. The molecule has 3 rings (SSSR count). The highest BCUT2D eigenvalue weighted by molar-refractivity contribution is 7.91. The number of aryl methyl sites for hydroxylation is 1. The molecule has 0 unspecified atom stereocenters. The van der Waals surface area contributed by atoms with Crippen LogP contribution in [-0.2, 0) is 25.8 Å². The molecule has 6 nitrogen and oxygen atoms in total. The molecule has 1 aliphatic rings. The molecule has 0 saturated heterocycles. The number of carbonyl (C=O) groups is 2. The van der Waals surface area contributed by atoms with Gasteiger partial charge in [0.05, 0.1) is 22.3 Å². The number of fused-ring (bicyclic) bond motifs is 1. The minimum Gasteiger partial charge on any atom is -0.449 e. The van der Waals surface area contributed by atoms with E-state index in [-0.39, 0.29) is 22.3 Å². The molecule has 154 valence electrons. The fourth-order valence-electron chi connectivity index (χ4n) is 3.53. The van der Waals surface area contributed by atoms with Crippen LogP contribution < -0.4 is 5.32 Å². The molecule has 29 heavy (non-hydrogen) atoms. The normalized spacial score (nSPS) is 17.1. The summed E-state index contributed by atoms with van der Waals surface area (Å²) in [5, 5.41) is 2.95. The van der Waals surface area contributed by atoms with Crippen LogP contribution >= 0.6 is 0 Å². The minimum absolute atomic E-state index is 0.0583. The first-order valence-corrected chi connectivity index (χ1v) is 11.4. The lowest BCUT2D eigenvalue weighted by atomic mass is 9.87. The number of amides is 1. The van der Waals surface area contributed by atoms with Gasteiger partial charge >= 0.3 is 5.97 Å². The Morgan fingerprint density at radius 1 is 1.14 bits per heavy atom. The van der Waals surface area contributed by atoms with Crippen LogP contribution in [-0.4, -0.2) is 32.2 Å². The standard InChI is InChI=1S/C22H25NO5S/c1-3-29(26,27)20-14-7-6-12-18(20)22(25)28-15(2)21(24)23-19-13-8-10-16-9-4-5-11-17(16)19/h4-7,9,11-12,14-15,19H,3,8,10,13H2,1-2H3,(H,23,24)/t15-,19-/m0/s1. The van der Waals surface area contributed by atoms with Crippen LogP contribution in [0, 0.1) is 0 Å². The minimum atomic E-state index is -3.59. The molecule has 0 bridgehead atoms. The van der Waals surface area contributed by atoms with Gasteiger partial charge in [0.25, 0.3) is 5.91 Å². The summed E-state index contributed by atoms with van der Waals surface area (Å²) in [5.74, 6) is -1.37. The Balaban J connectivity index is 1.71. The summed E-state index contributed by atoms with van der Waals surface area (Å²) in [6.07, 6.45) is 1.73. The zero-order valence-corrected chi connectivity index (χ0v) is 17.4. The van der Waals surface area contributed by atoms with Crippen LogP contribution in [0.1, 0.15) is 54.2 Å². The molecule has 0 aliphatic heterocycles. The first-order chi connectivity index (χ1) is 13.8. The number of nitrogens with one attached hydrogen (secondary N) is 1. The van der Waals surface area contributed by atoms with Crippen molar-refractivity contribution in [3.63, 3.8) is 0 Å². The van der Waals surface area contributed by atoms with Gasteiger partial charge in [0.15, 0.2) is 15.9 Å². The quantitative estimate of drug-likeness (QED) is 0.732. The number of benzene rings is 2. The van der Waals surface area contributed by atoms with Gasteiger partial charge in [-0.05, 0) is 49.4 Å². The van der Waals surface area contributed by atoms with Crippen molar-refractivity contribution in [3.8, 4) is 0 Å². The molecule has 7 heteroatoms. The first kappa shape index (κ1) is 21.0. The second-order valence-corrected chi connectivity index (χ2v) is 9.35. The number of ether oxygens (including phenoxy) is 1. The first-order valence-electron chi connectivity index (χ1n) is 9.74. The average molecular weight is 416 g/mol. The molecule has 2 aromatic rings. The summed E-state index contributed by atoms with van der Waals surface area (Å²) in [7, 11) is -3.59. The third kappa shape index (κ3) is 4.67. The Labute approximate surface area is 171 Å². The van der Waals surface area contributed by atoms with E-state index in [9.17, 15) is 18.0 Å². The van der Waals surface area contributed by atoms with Gasteiger partial charge in [-0.2, -0.15) is 0 Å². The van der Waals surface area contributed by atoms with E-state index in [4.69, 9.17) is 4.74 Å². The molecule has 0 saturated carbocycles. The van der Waals surface area contributed by atoms with E-state index in [1.54, 1.807) is 12.1 Å². The predicted octanol–water partition coefficient (Wildman–Crippen LogP) is 3.22. The highest BCUT2D eigenvalue weighted by atomic mass is 32.2. The second kappa shape index (κ2) is 8.78. The van der Waals surface area contributed by atoms with Gasteiger partial charge in [0.2, 0.25) is 0 Å².